The van der Waals surface area contributed by atoms with Crippen LogP contribution in [-0.2, 0) is 34.7 Å². The number of amides is 1. The first-order chi connectivity index (χ1) is 9.33. The minimum atomic E-state index is -0.903. The fraction of sp³-hybridized carbons (Fsp3) is 0.438. The van der Waals surface area contributed by atoms with E-state index in [1.165, 1.54) is 33.7 Å². The molecule has 0 heterocycles. The van der Waals surface area contributed by atoms with E-state index in [1.54, 1.807) is 0 Å². The molecule has 0 aliphatic heterocycles. The standard InChI is InChI=1S/C9H7.C7H13NO.Zr/c1-2-5-9-7-3-6-8(9)4-1;8-7(9)6-4-2-1-3-5-6;/h1-2,4-6H,7H2;6H,1-5H2,(H2,8,9);/q;;+1/p-1. The molecule has 0 bridgehead atoms. The zero-order valence-electron chi connectivity index (χ0n) is 11.1. The Kier molecular flexibility index (Phi) is 4.32. The molecule has 3 rings (SSSR count). The number of hydrogen-bond acceptors (Lipinski definition) is 1. The van der Waals surface area contributed by atoms with Gasteiger partial charge in [0.25, 0.3) is 0 Å². The van der Waals surface area contributed by atoms with Crippen molar-refractivity contribution in [1.29, 1.82) is 0 Å². The fourth-order valence-electron chi connectivity index (χ4n) is 2.97. The first-order valence-electron chi connectivity index (χ1n) is 7.17. The van der Waals surface area contributed by atoms with Gasteiger partial charge in [-0.2, -0.15) is 0 Å². The van der Waals surface area contributed by atoms with Gasteiger partial charge in [0.05, 0.1) is 0 Å². The second-order valence-electron chi connectivity index (χ2n) is 5.49. The summed E-state index contributed by atoms with van der Waals surface area (Å²) >= 11 is -0.903. The first kappa shape index (κ1) is 13.3. The molecule has 2 nitrogen and oxygen atoms in total. The van der Waals surface area contributed by atoms with E-state index in [0.717, 1.165) is 19.3 Å². The number of nitrogens with one attached hydrogen (secondary N) is 1. The maximum atomic E-state index is 12.1. The molecule has 2 aliphatic rings. The molecule has 0 radical (unpaired) electrons. The molecule has 1 aromatic carbocycles. The van der Waals surface area contributed by atoms with Crippen LogP contribution in [0.5, 0.6) is 0 Å². The van der Waals surface area contributed by atoms with Crippen LogP contribution in [0.3, 0.4) is 0 Å². The first-order valence-corrected chi connectivity index (χ1v) is 9.63. The van der Waals surface area contributed by atoms with Gasteiger partial charge in [-0.15, -0.1) is 0 Å². The van der Waals surface area contributed by atoms with Crippen molar-refractivity contribution in [2.24, 2.45) is 5.92 Å². The van der Waals surface area contributed by atoms with Crippen molar-refractivity contribution in [3.63, 3.8) is 0 Å². The molecule has 19 heavy (non-hydrogen) atoms. The van der Waals surface area contributed by atoms with Gasteiger partial charge in [-0.3, -0.25) is 0 Å². The molecule has 3 heteroatoms. The monoisotopic (exact) mass is 331 g/mol. The molecular formula is C16H19NOZr. The van der Waals surface area contributed by atoms with Crippen LogP contribution < -0.4 is 3.26 Å². The Bertz CT molecular complexity index is 503. The summed E-state index contributed by atoms with van der Waals surface area (Å²) in [7, 11) is 0. The summed E-state index contributed by atoms with van der Waals surface area (Å²) in [6.07, 6.45) is 9.34. The number of benzene rings is 1. The van der Waals surface area contributed by atoms with Crippen molar-refractivity contribution in [2.75, 3.05) is 0 Å². The average molecular weight is 333 g/mol. The number of rotatable bonds is 3. The van der Waals surface area contributed by atoms with Gasteiger partial charge in [0.2, 0.25) is 0 Å². The Labute approximate surface area is 126 Å². The van der Waals surface area contributed by atoms with E-state index in [-0.39, 0.29) is 0 Å². The van der Waals surface area contributed by atoms with Gasteiger partial charge >= 0.3 is 127 Å². The maximum absolute atomic E-state index is 12.1. The summed E-state index contributed by atoms with van der Waals surface area (Å²) in [6.45, 7) is 0. The Morgan fingerprint density at radius 1 is 1.16 bits per heavy atom. The molecule has 2 aliphatic carbocycles. The normalized spacial score (nSPS) is 18.6. The molecule has 0 atom stereocenters. The van der Waals surface area contributed by atoms with E-state index in [1.807, 2.05) is 0 Å². The van der Waals surface area contributed by atoms with Gasteiger partial charge < -0.3 is 0 Å². The third kappa shape index (κ3) is 3.26. The Morgan fingerprint density at radius 2 is 1.95 bits per heavy atom. The van der Waals surface area contributed by atoms with Gasteiger partial charge in [0, 0.05) is 0 Å². The summed E-state index contributed by atoms with van der Waals surface area (Å²) in [5.74, 6) is 0.641. The number of carbonyl (C=O) groups is 1. The predicted octanol–water partition coefficient (Wildman–Crippen LogP) is 3.28. The Balaban J connectivity index is 1.52. The van der Waals surface area contributed by atoms with Crippen LogP contribution in [0.1, 0.15) is 43.2 Å². The molecule has 1 fully saturated rings. The third-order valence-corrected chi connectivity index (χ3v) is 6.58. The van der Waals surface area contributed by atoms with E-state index in [9.17, 15) is 4.79 Å². The molecule has 1 saturated carbocycles. The van der Waals surface area contributed by atoms with Gasteiger partial charge in [-0.05, 0) is 0 Å². The molecule has 1 aromatic rings. The number of hydrogen-bond donors (Lipinski definition) is 1. The van der Waals surface area contributed by atoms with Crippen molar-refractivity contribution < 1.29 is 28.3 Å². The molecule has 0 saturated heterocycles. The Morgan fingerprint density at radius 3 is 2.74 bits per heavy atom. The van der Waals surface area contributed by atoms with Crippen LogP contribution in [-0.4, -0.2) is 5.91 Å². The van der Waals surface area contributed by atoms with E-state index >= 15 is 0 Å². The minimum absolute atomic E-state index is 0.305. The van der Waals surface area contributed by atoms with Crippen LogP contribution in [0.25, 0.3) is 6.08 Å². The van der Waals surface area contributed by atoms with E-state index in [2.05, 4.69) is 33.6 Å². The molecule has 1 N–H and O–H groups in total. The molecular weight excluding hydrogens is 313 g/mol. The van der Waals surface area contributed by atoms with Crippen molar-refractivity contribution >= 4 is 12.0 Å². The summed E-state index contributed by atoms with van der Waals surface area (Å²) in [5, 5.41) is 0. The number of fused-ring (bicyclic) bond motifs is 1. The average Bonchev–Trinajstić information content (AvgIpc) is 2.88. The van der Waals surface area contributed by atoms with Crippen molar-refractivity contribution in [2.45, 2.75) is 38.5 Å². The molecule has 0 unspecified atom stereocenters. The molecule has 0 spiro atoms. The SMILES string of the molecule is O=C([NH][Zr][C]1=Cc2ccccc2C1)C1CCCCC1. The van der Waals surface area contributed by atoms with Crippen LogP contribution in [0.2, 0.25) is 0 Å². The van der Waals surface area contributed by atoms with Crippen molar-refractivity contribution in [3.8, 4) is 0 Å². The predicted molar refractivity (Wildman–Crippen MR) is 72.8 cm³/mol. The topological polar surface area (TPSA) is 29.1 Å². The van der Waals surface area contributed by atoms with Crippen LogP contribution in [0.4, 0.5) is 0 Å². The zero-order chi connectivity index (χ0) is 13.1. The van der Waals surface area contributed by atoms with Gasteiger partial charge in [0.15, 0.2) is 0 Å². The zero-order valence-corrected chi connectivity index (χ0v) is 13.6. The number of carbonyl (C=O) groups excluding carboxylic acids is 1. The summed E-state index contributed by atoms with van der Waals surface area (Å²) in [5.41, 5.74) is 2.77. The summed E-state index contributed by atoms with van der Waals surface area (Å²) < 4.78 is 4.79. The molecule has 98 valence electrons. The van der Waals surface area contributed by atoms with Gasteiger partial charge in [0.1, 0.15) is 0 Å². The van der Waals surface area contributed by atoms with Gasteiger partial charge in [-0.25, -0.2) is 0 Å². The van der Waals surface area contributed by atoms with Crippen molar-refractivity contribution in [3.05, 3.63) is 38.7 Å². The third-order valence-electron chi connectivity index (χ3n) is 4.09. The summed E-state index contributed by atoms with van der Waals surface area (Å²) in [6, 6.07) is 8.55. The van der Waals surface area contributed by atoms with Crippen LogP contribution >= 0.6 is 0 Å². The van der Waals surface area contributed by atoms with Gasteiger partial charge in [-0.1, -0.05) is 0 Å². The second-order valence-corrected chi connectivity index (χ2v) is 8.30. The van der Waals surface area contributed by atoms with E-state index in [4.69, 9.17) is 0 Å². The van der Waals surface area contributed by atoms with Crippen LogP contribution in [0, 0.1) is 5.92 Å². The van der Waals surface area contributed by atoms with Crippen LogP contribution in [0.15, 0.2) is 27.5 Å². The second kappa shape index (κ2) is 6.18. The molecule has 0 aromatic heterocycles. The summed E-state index contributed by atoms with van der Waals surface area (Å²) in [4.78, 5) is 12.1. The quantitative estimate of drug-likeness (QED) is 0.904. The molecule has 1 amide bonds. The van der Waals surface area contributed by atoms with E-state index < -0.39 is 23.5 Å². The van der Waals surface area contributed by atoms with E-state index in [0.29, 0.717) is 11.8 Å². The number of allylic oxidation sites excluding steroid dienone is 1. The Hall–Kier alpha value is -0.687. The van der Waals surface area contributed by atoms with Crippen molar-refractivity contribution in [1.82, 2.24) is 3.26 Å². The fourth-order valence-corrected chi connectivity index (χ4v) is 5.41.